The molecule has 0 saturated carbocycles. The van der Waals surface area contributed by atoms with Crippen molar-refractivity contribution in [3.63, 3.8) is 0 Å². The number of hydrogen-bond acceptors (Lipinski definition) is 2. The minimum atomic E-state index is 0.263. The summed E-state index contributed by atoms with van der Waals surface area (Å²) < 4.78 is 0. The molecule has 0 aliphatic heterocycles. The number of rotatable bonds is 6. The molecule has 0 aliphatic rings. The molecule has 2 nitrogen and oxygen atoms in total. The fraction of sp³-hybridized carbons (Fsp3) is 0.462. The van der Waals surface area contributed by atoms with Crippen LogP contribution in [0.5, 0.6) is 0 Å². The van der Waals surface area contributed by atoms with Crippen molar-refractivity contribution < 1.29 is 0 Å². The van der Waals surface area contributed by atoms with Gasteiger partial charge >= 0.3 is 0 Å². The Morgan fingerprint density at radius 1 is 1.47 bits per heavy atom. The Bertz CT molecular complexity index is 300. The van der Waals surface area contributed by atoms with Crippen molar-refractivity contribution >= 4 is 0 Å². The van der Waals surface area contributed by atoms with Crippen molar-refractivity contribution in [2.24, 2.45) is 5.73 Å². The van der Waals surface area contributed by atoms with Crippen molar-refractivity contribution in [2.75, 3.05) is 0 Å². The summed E-state index contributed by atoms with van der Waals surface area (Å²) in [6, 6.07) is 4.30. The molecule has 0 bridgehead atoms. The molecular formula is C13H18N2. The van der Waals surface area contributed by atoms with E-state index in [1.807, 2.05) is 12.3 Å². The number of hydrogen-bond donors (Lipinski definition) is 1. The van der Waals surface area contributed by atoms with Crippen LogP contribution in [0.25, 0.3) is 0 Å². The second-order valence-corrected chi connectivity index (χ2v) is 3.76. The van der Waals surface area contributed by atoms with Crippen LogP contribution in [-0.2, 0) is 6.42 Å². The third-order valence-electron chi connectivity index (χ3n) is 2.42. The Kier molecular flexibility index (Phi) is 5.50. The van der Waals surface area contributed by atoms with Crippen LogP contribution in [-0.4, -0.2) is 11.0 Å². The zero-order chi connectivity index (χ0) is 10.9. The number of aryl methyl sites for hydroxylation is 1. The zero-order valence-corrected chi connectivity index (χ0v) is 9.02. The van der Waals surface area contributed by atoms with Crippen LogP contribution in [0.15, 0.2) is 24.5 Å². The van der Waals surface area contributed by atoms with E-state index >= 15 is 0 Å². The molecule has 1 atom stereocenters. The van der Waals surface area contributed by atoms with Gasteiger partial charge in [-0.25, -0.2) is 0 Å². The van der Waals surface area contributed by atoms with E-state index in [2.05, 4.69) is 17.0 Å². The molecule has 80 valence electrons. The standard InChI is InChI=1S/C13H18N2/c1-2-3-4-7-13(14)9-8-12-6-5-10-15-11-12/h1,5-6,10-11,13H,3-4,7-9,14H2. The van der Waals surface area contributed by atoms with Crippen molar-refractivity contribution in [1.82, 2.24) is 4.98 Å². The number of terminal acetylenes is 1. The highest BCUT2D eigenvalue weighted by atomic mass is 14.6. The Morgan fingerprint density at radius 2 is 2.33 bits per heavy atom. The molecule has 1 rings (SSSR count). The molecular weight excluding hydrogens is 184 g/mol. The molecule has 1 aromatic rings. The predicted octanol–water partition coefficient (Wildman–Crippen LogP) is 2.15. The van der Waals surface area contributed by atoms with Crippen molar-refractivity contribution in [3.05, 3.63) is 30.1 Å². The third kappa shape index (κ3) is 5.19. The van der Waals surface area contributed by atoms with E-state index in [0.29, 0.717) is 0 Å². The molecule has 0 radical (unpaired) electrons. The molecule has 0 fully saturated rings. The van der Waals surface area contributed by atoms with Gasteiger partial charge < -0.3 is 5.73 Å². The molecule has 1 aromatic heterocycles. The smallest absolute Gasteiger partial charge is 0.0299 e. The summed E-state index contributed by atoms with van der Waals surface area (Å²) in [5.41, 5.74) is 7.23. The average molecular weight is 202 g/mol. The number of pyridine rings is 1. The van der Waals surface area contributed by atoms with Crippen LogP contribution in [0.1, 0.15) is 31.2 Å². The first-order valence-electron chi connectivity index (χ1n) is 5.41. The van der Waals surface area contributed by atoms with Gasteiger partial charge in [-0.1, -0.05) is 6.07 Å². The van der Waals surface area contributed by atoms with Crippen LogP contribution in [0.2, 0.25) is 0 Å². The van der Waals surface area contributed by atoms with E-state index in [1.54, 1.807) is 6.20 Å². The lowest BCUT2D eigenvalue weighted by atomic mass is 10.0. The maximum atomic E-state index is 5.97. The summed E-state index contributed by atoms with van der Waals surface area (Å²) in [6.07, 6.45) is 13.8. The minimum Gasteiger partial charge on any atom is -0.328 e. The topological polar surface area (TPSA) is 38.9 Å². The van der Waals surface area contributed by atoms with Gasteiger partial charge in [-0.05, 0) is 37.3 Å². The van der Waals surface area contributed by atoms with Gasteiger partial charge in [-0.15, -0.1) is 12.3 Å². The zero-order valence-electron chi connectivity index (χ0n) is 9.02. The van der Waals surface area contributed by atoms with Crippen LogP contribution in [0, 0.1) is 12.3 Å². The molecule has 0 saturated heterocycles. The number of unbranched alkanes of at least 4 members (excludes halogenated alkanes) is 1. The summed E-state index contributed by atoms with van der Waals surface area (Å²) in [6.45, 7) is 0. The first-order chi connectivity index (χ1) is 7.33. The van der Waals surface area contributed by atoms with Crippen molar-refractivity contribution in [3.8, 4) is 12.3 Å². The maximum absolute atomic E-state index is 5.97. The van der Waals surface area contributed by atoms with Crippen LogP contribution in [0.3, 0.4) is 0 Å². The van der Waals surface area contributed by atoms with Gasteiger partial charge in [0.05, 0.1) is 0 Å². The molecule has 0 spiro atoms. The molecule has 1 heterocycles. The quantitative estimate of drug-likeness (QED) is 0.567. The Labute approximate surface area is 91.9 Å². The second-order valence-electron chi connectivity index (χ2n) is 3.76. The normalized spacial score (nSPS) is 12.0. The van der Waals surface area contributed by atoms with E-state index in [9.17, 15) is 0 Å². The maximum Gasteiger partial charge on any atom is 0.0299 e. The lowest BCUT2D eigenvalue weighted by Gasteiger charge is -2.09. The summed E-state index contributed by atoms with van der Waals surface area (Å²) >= 11 is 0. The van der Waals surface area contributed by atoms with Crippen LogP contribution >= 0.6 is 0 Å². The van der Waals surface area contributed by atoms with Gasteiger partial charge in [0, 0.05) is 24.9 Å². The van der Waals surface area contributed by atoms with E-state index in [4.69, 9.17) is 12.2 Å². The predicted molar refractivity (Wildman–Crippen MR) is 63.2 cm³/mol. The Morgan fingerprint density at radius 3 is 3.00 bits per heavy atom. The number of nitrogens with two attached hydrogens (primary N) is 1. The molecule has 1 unspecified atom stereocenters. The number of aromatic nitrogens is 1. The second kappa shape index (κ2) is 7.03. The average Bonchev–Trinajstić information content (AvgIpc) is 2.28. The number of nitrogens with zero attached hydrogens (tertiary/aromatic N) is 1. The van der Waals surface area contributed by atoms with Gasteiger partial charge in [-0.2, -0.15) is 0 Å². The van der Waals surface area contributed by atoms with Gasteiger partial charge in [0.2, 0.25) is 0 Å². The lowest BCUT2D eigenvalue weighted by Crippen LogP contribution is -2.20. The van der Waals surface area contributed by atoms with Crippen LogP contribution < -0.4 is 5.73 Å². The van der Waals surface area contributed by atoms with Gasteiger partial charge in [-0.3, -0.25) is 4.98 Å². The lowest BCUT2D eigenvalue weighted by molar-refractivity contribution is 0.551. The van der Waals surface area contributed by atoms with E-state index < -0.39 is 0 Å². The van der Waals surface area contributed by atoms with Crippen molar-refractivity contribution in [2.45, 2.75) is 38.1 Å². The molecule has 0 aromatic carbocycles. The molecule has 15 heavy (non-hydrogen) atoms. The summed E-state index contributed by atoms with van der Waals surface area (Å²) in [7, 11) is 0. The van der Waals surface area contributed by atoms with Crippen molar-refractivity contribution in [1.29, 1.82) is 0 Å². The highest BCUT2D eigenvalue weighted by molar-refractivity contribution is 5.08. The first-order valence-corrected chi connectivity index (χ1v) is 5.41. The summed E-state index contributed by atoms with van der Waals surface area (Å²) in [5, 5.41) is 0. The van der Waals surface area contributed by atoms with Gasteiger partial charge in [0.1, 0.15) is 0 Å². The minimum absolute atomic E-state index is 0.263. The van der Waals surface area contributed by atoms with E-state index in [-0.39, 0.29) is 6.04 Å². The Hall–Kier alpha value is -1.33. The molecule has 2 N–H and O–H groups in total. The van der Waals surface area contributed by atoms with E-state index in [0.717, 1.165) is 32.1 Å². The SMILES string of the molecule is C#CCCCC(N)CCc1cccnc1. The fourth-order valence-electron chi connectivity index (χ4n) is 1.51. The van der Waals surface area contributed by atoms with Crippen LogP contribution in [0.4, 0.5) is 0 Å². The van der Waals surface area contributed by atoms with Gasteiger partial charge in [0.15, 0.2) is 0 Å². The highest BCUT2D eigenvalue weighted by Crippen LogP contribution is 2.07. The van der Waals surface area contributed by atoms with E-state index in [1.165, 1.54) is 5.56 Å². The third-order valence-corrected chi connectivity index (χ3v) is 2.42. The first kappa shape index (κ1) is 11.7. The summed E-state index contributed by atoms with van der Waals surface area (Å²) in [4.78, 5) is 4.07. The molecule has 0 amide bonds. The largest absolute Gasteiger partial charge is 0.328 e. The fourth-order valence-corrected chi connectivity index (χ4v) is 1.51. The molecule has 2 heteroatoms. The highest BCUT2D eigenvalue weighted by Gasteiger charge is 2.02. The monoisotopic (exact) mass is 202 g/mol. The summed E-state index contributed by atoms with van der Waals surface area (Å²) in [5.74, 6) is 2.63. The van der Waals surface area contributed by atoms with Gasteiger partial charge in [0.25, 0.3) is 0 Å². The Balaban J connectivity index is 2.17. The molecule has 0 aliphatic carbocycles.